The molecule has 0 aromatic carbocycles. The predicted octanol–water partition coefficient (Wildman–Crippen LogP) is 1.73. The van der Waals surface area contributed by atoms with Gasteiger partial charge in [0.1, 0.15) is 0 Å². The number of carbonyl (C=O) groups is 1. The summed E-state index contributed by atoms with van der Waals surface area (Å²) in [7, 11) is 3.83. The molecular formula is C8H15NOS. The van der Waals surface area contributed by atoms with Gasteiger partial charge in [-0.2, -0.15) is 0 Å². The van der Waals surface area contributed by atoms with Crippen molar-refractivity contribution in [1.82, 2.24) is 4.90 Å². The first-order valence-electron chi connectivity index (χ1n) is 3.67. The first-order valence-corrected chi connectivity index (χ1v) is 4.65. The van der Waals surface area contributed by atoms with Gasteiger partial charge in [0.25, 0.3) is 0 Å². The summed E-state index contributed by atoms with van der Waals surface area (Å²) in [6, 6.07) is 0. The van der Waals surface area contributed by atoms with Gasteiger partial charge in [0, 0.05) is 20.3 Å². The fourth-order valence-electron chi connectivity index (χ4n) is 0.576. The molecule has 11 heavy (non-hydrogen) atoms. The van der Waals surface area contributed by atoms with Crippen LogP contribution in [-0.2, 0) is 4.79 Å². The lowest BCUT2D eigenvalue weighted by atomic mass is 10.6. The SMILES string of the molecule is CCCSC(C=O)=CN(C)C. The van der Waals surface area contributed by atoms with E-state index in [2.05, 4.69) is 6.92 Å². The molecule has 0 unspecified atom stereocenters. The van der Waals surface area contributed by atoms with Gasteiger partial charge in [-0.25, -0.2) is 0 Å². The van der Waals surface area contributed by atoms with Gasteiger partial charge in [0.05, 0.1) is 4.91 Å². The van der Waals surface area contributed by atoms with E-state index in [1.54, 1.807) is 11.8 Å². The largest absolute Gasteiger partial charge is 0.382 e. The molecule has 0 aliphatic heterocycles. The Labute approximate surface area is 72.6 Å². The second-order valence-electron chi connectivity index (χ2n) is 2.46. The molecule has 0 bridgehead atoms. The highest BCUT2D eigenvalue weighted by Gasteiger charge is 1.94. The van der Waals surface area contributed by atoms with E-state index in [4.69, 9.17) is 0 Å². The zero-order chi connectivity index (χ0) is 8.69. The van der Waals surface area contributed by atoms with Crippen molar-refractivity contribution in [2.24, 2.45) is 0 Å². The molecule has 0 N–H and O–H groups in total. The third-order valence-corrected chi connectivity index (χ3v) is 2.12. The molecule has 0 rings (SSSR count). The number of allylic oxidation sites excluding steroid dienone is 1. The van der Waals surface area contributed by atoms with Crippen molar-refractivity contribution in [2.75, 3.05) is 19.8 Å². The van der Waals surface area contributed by atoms with Crippen LogP contribution in [0.1, 0.15) is 13.3 Å². The van der Waals surface area contributed by atoms with E-state index in [9.17, 15) is 4.79 Å². The summed E-state index contributed by atoms with van der Waals surface area (Å²) in [6.07, 6.45) is 3.84. The maximum absolute atomic E-state index is 10.4. The molecule has 0 atom stereocenters. The molecule has 64 valence electrons. The maximum atomic E-state index is 10.4. The van der Waals surface area contributed by atoms with Crippen LogP contribution in [0.2, 0.25) is 0 Å². The van der Waals surface area contributed by atoms with Crippen LogP contribution in [0.4, 0.5) is 0 Å². The van der Waals surface area contributed by atoms with Crippen LogP contribution in [0.3, 0.4) is 0 Å². The normalized spacial score (nSPS) is 11.4. The van der Waals surface area contributed by atoms with Gasteiger partial charge in [-0.3, -0.25) is 4.79 Å². The van der Waals surface area contributed by atoms with Gasteiger partial charge in [-0.05, 0) is 12.2 Å². The van der Waals surface area contributed by atoms with Crippen LogP contribution in [0.25, 0.3) is 0 Å². The molecule has 0 aromatic heterocycles. The van der Waals surface area contributed by atoms with Crippen LogP contribution in [0.15, 0.2) is 11.1 Å². The summed E-state index contributed by atoms with van der Waals surface area (Å²) < 4.78 is 0. The lowest BCUT2D eigenvalue weighted by Gasteiger charge is -2.05. The standard InChI is InChI=1S/C8H15NOS/c1-4-5-11-8(7-10)6-9(2)3/h6-7H,4-5H2,1-3H3. The number of aldehydes is 1. The molecule has 0 saturated heterocycles. The monoisotopic (exact) mass is 173 g/mol. The fraction of sp³-hybridized carbons (Fsp3) is 0.625. The third-order valence-electron chi connectivity index (χ3n) is 0.974. The van der Waals surface area contributed by atoms with Crippen LogP contribution in [0, 0.1) is 0 Å². The summed E-state index contributed by atoms with van der Waals surface area (Å²) >= 11 is 1.60. The van der Waals surface area contributed by atoms with Crippen molar-refractivity contribution < 1.29 is 4.79 Å². The van der Waals surface area contributed by atoms with Crippen molar-refractivity contribution in [3.05, 3.63) is 11.1 Å². The molecule has 0 aliphatic carbocycles. The highest BCUT2D eigenvalue weighted by Crippen LogP contribution is 2.13. The van der Waals surface area contributed by atoms with Crippen molar-refractivity contribution in [3.8, 4) is 0 Å². The van der Waals surface area contributed by atoms with Gasteiger partial charge in [0.2, 0.25) is 0 Å². The zero-order valence-corrected chi connectivity index (χ0v) is 8.15. The number of carbonyl (C=O) groups excluding carboxylic acids is 1. The fourth-order valence-corrected chi connectivity index (χ4v) is 1.37. The van der Waals surface area contributed by atoms with Crippen LogP contribution in [-0.4, -0.2) is 31.0 Å². The van der Waals surface area contributed by atoms with E-state index in [-0.39, 0.29) is 0 Å². The van der Waals surface area contributed by atoms with Gasteiger partial charge >= 0.3 is 0 Å². The smallest absolute Gasteiger partial charge is 0.157 e. The average Bonchev–Trinajstić information content (AvgIpc) is 1.97. The predicted molar refractivity (Wildman–Crippen MR) is 50.6 cm³/mol. The van der Waals surface area contributed by atoms with Gasteiger partial charge in [0.15, 0.2) is 6.29 Å². The Morgan fingerprint density at radius 2 is 2.18 bits per heavy atom. The Morgan fingerprint density at radius 1 is 1.55 bits per heavy atom. The minimum absolute atomic E-state index is 0.803. The molecular weight excluding hydrogens is 158 g/mol. The Morgan fingerprint density at radius 3 is 2.55 bits per heavy atom. The number of rotatable bonds is 5. The van der Waals surface area contributed by atoms with Crippen LogP contribution < -0.4 is 0 Å². The minimum atomic E-state index is 0.803. The molecule has 0 fully saturated rings. The average molecular weight is 173 g/mol. The molecule has 0 heterocycles. The second-order valence-corrected chi connectivity index (χ2v) is 3.63. The van der Waals surface area contributed by atoms with Crippen molar-refractivity contribution in [3.63, 3.8) is 0 Å². The first-order chi connectivity index (χ1) is 5.20. The summed E-state index contributed by atoms with van der Waals surface area (Å²) in [6.45, 7) is 2.10. The Bertz CT molecular complexity index is 143. The summed E-state index contributed by atoms with van der Waals surface area (Å²) in [5.74, 6) is 1.01. The topological polar surface area (TPSA) is 20.3 Å². The maximum Gasteiger partial charge on any atom is 0.157 e. The van der Waals surface area contributed by atoms with Crippen LogP contribution >= 0.6 is 11.8 Å². The molecule has 0 aliphatic rings. The van der Waals surface area contributed by atoms with E-state index < -0.39 is 0 Å². The minimum Gasteiger partial charge on any atom is -0.382 e. The zero-order valence-electron chi connectivity index (χ0n) is 7.33. The van der Waals surface area contributed by atoms with E-state index in [0.717, 1.165) is 23.4 Å². The highest BCUT2D eigenvalue weighted by molar-refractivity contribution is 8.03. The van der Waals surface area contributed by atoms with Crippen molar-refractivity contribution in [2.45, 2.75) is 13.3 Å². The van der Waals surface area contributed by atoms with E-state index in [1.165, 1.54) is 0 Å². The first kappa shape index (κ1) is 10.6. The quantitative estimate of drug-likeness (QED) is 0.466. The van der Waals surface area contributed by atoms with Crippen molar-refractivity contribution in [1.29, 1.82) is 0 Å². The lowest BCUT2D eigenvalue weighted by molar-refractivity contribution is -0.104. The second kappa shape index (κ2) is 6.28. The molecule has 0 spiro atoms. The summed E-state index contributed by atoms with van der Waals surface area (Å²) in [5, 5.41) is 0. The van der Waals surface area contributed by atoms with E-state index >= 15 is 0 Å². The third kappa shape index (κ3) is 5.98. The molecule has 2 nitrogen and oxygen atoms in total. The molecule has 0 saturated carbocycles. The van der Waals surface area contributed by atoms with Crippen molar-refractivity contribution >= 4 is 18.0 Å². The molecule has 0 radical (unpaired) electrons. The lowest BCUT2D eigenvalue weighted by Crippen LogP contribution is -2.02. The van der Waals surface area contributed by atoms with Crippen LogP contribution in [0.5, 0.6) is 0 Å². The number of hydrogen-bond donors (Lipinski definition) is 0. The van der Waals surface area contributed by atoms with E-state index in [0.29, 0.717) is 0 Å². The Kier molecular flexibility index (Phi) is 6.03. The summed E-state index contributed by atoms with van der Waals surface area (Å²) in [4.78, 5) is 13.1. The number of nitrogens with zero attached hydrogens (tertiary/aromatic N) is 1. The number of thioether (sulfide) groups is 1. The Balaban J connectivity index is 3.84. The molecule has 3 heteroatoms. The van der Waals surface area contributed by atoms with E-state index in [1.807, 2.05) is 25.2 Å². The summed E-state index contributed by atoms with van der Waals surface area (Å²) in [5.41, 5.74) is 0. The van der Waals surface area contributed by atoms with Gasteiger partial charge in [-0.15, -0.1) is 11.8 Å². The highest BCUT2D eigenvalue weighted by atomic mass is 32.2. The molecule has 0 amide bonds. The molecule has 0 aromatic rings. The Hall–Kier alpha value is -0.440. The van der Waals surface area contributed by atoms with Gasteiger partial charge in [-0.1, -0.05) is 6.92 Å². The number of hydrogen-bond acceptors (Lipinski definition) is 3. The van der Waals surface area contributed by atoms with Gasteiger partial charge < -0.3 is 4.90 Å².